The SMILES string of the molecule is Cl.FC(F)(F)c1ccccc1CNCc1ccc(-n2ccnc2)cc1. The maximum atomic E-state index is 12.9. The lowest BCUT2D eigenvalue weighted by Crippen LogP contribution is -2.17. The number of imidazole rings is 1. The Morgan fingerprint density at radius 2 is 1.68 bits per heavy atom. The van der Waals surface area contributed by atoms with Crippen molar-refractivity contribution in [3.63, 3.8) is 0 Å². The monoisotopic (exact) mass is 367 g/mol. The summed E-state index contributed by atoms with van der Waals surface area (Å²) in [5.41, 5.74) is 1.65. The van der Waals surface area contributed by atoms with Crippen molar-refractivity contribution < 1.29 is 13.2 Å². The van der Waals surface area contributed by atoms with E-state index in [4.69, 9.17) is 0 Å². The first-order valence-electron chi connectivity index (χ1n) is 7.47. The number of hydrogen-bond acceptors (Lipinski definition) is 2. The number of halogens is 4. The number of aromatic nitrogens is 2. The van der Waals surface area contributed by atoms with E-state index >= 15 is 0 Å². The van der Waals surface area contributed by atoms with E-state index in [1.54, 1.807) is 18.6 Å². The van der Waals surface area contributed by atoms with E-state index < -0.39 is 11.7 Å². The van der Waals surface area contributed by atoms with Crippen LogP contribution in [-0.2, 0) is 19.3 Å². The first-order chi connectivity index (χ1) is 11.5. The molecule has 0 aliphatic heterocycles. The van der Waals surface area contributed by atoms with Gasteiger partial charge in [0, 0.05) is 31.2 Å². The van der Waals surface area contributed by atoms with Crippen LogP contribution in [0.4, 0.5) is 13.2 Å². The average Bonchev–Trinajstić information content (AvgIpc) is 3.09. The molecule has 0 aliphatic carbocycles. The van der Waals surface area contributed by atoms with Crippen molar-refractivity contribution in [2.45, 2.75) is 19.3 Å². The average molecular weight is 368 g/mol. The molecule has 1 aromatic heterocycles. The fourth-order valence-electron chi connectivity index (χ4n) is 2.49. The molecule has 3 nitrogen and oxygen atoms in total. The van der Waals surface area contributed by atoms with Gasteiger partial charge in [-0.25, -0.2) is 4.98 Å². The molecule has 3 rings (SSSR count). The second kappa shape index (κ2) is 8.18. The zero-order valence-corrected chi connectivity index (χ0v) is 14.0. The zero-order valence-electron chi connectivity index (χ0n) is 13.2. The summed E-state index contributed by atoms with van der Waals surface area (Å²) in [5.74, 6) is 0. The number of alkyl halides is 3. The Balaban J connectivity index is 0.00000225. The highest BCUT2D eigenvalue weighted by molar-refractivity contribution is 5.85. The quantitative estimate of drug-likeness (QED) is 0.714. The van der Waals surface area contributed by atoms with E-state index in [2.05, 4.69) is 10.3 Å². The van der Waals surface area contributed by atoms with Crippen molar-refractivity contribution in [2.75, 3.05) is 0 Å². The van der Waals surface area contributed by atoms with Crippen LogP contribution in [0.25, 0.3) is 5.69 Å². The van der Waals surface area contributed by atoms with Gasteiger partial charge in [0.25, 0.3) is 0 Å². The Hall–Kier alpha value is -2.31. The summed E-state index contributed by atoms with van der Waals surface area (Å²) in [6.07, 6.45) is 0.931. The predicted octanol–water partition coefficient (Wildman–Crippen LogP) is 4.60. The van der Waals surface area contributed by atoms with E-state index in [1.807, 2.05) is 35.0 Å². The summed E-state index contributed by atoms with van der Waals surface area (Å²) in [6, 6.07) is 13.4. The smallest absolute Gasteiger partial charge is 0.309 e. The number of benzene rings is 2. The molecule has 0 saturated heterocycles. The van der Waals surface area contributed by atoms with Gasteiger partial charge < -0.3 is 9.88 Å². The highest BCUT2D eigenvalue weighted by Gasteiger charge is 2.32. The minimum atomic E-state index is -4.33. The molecule has 0 atom stereocenters. The standard InChI is InChI=1S/C18H16F3N3.ClH/c19-18(20,21)17-4-2-1-3-15(17)12-23-11-14-5-7-16(8-6-14)24-10-9-22-13-24;/h1-10,13,23H,11-12H2;1H. The molecule has 1 N–H and O–H groups in total. The van der Waals surface area contributed by atoms with Gasteiger partial charge >= 0.3 is 6.18 Å². The Morgan fingerprint density at radius 3 is 2.32 bits per heavy atom. The molecular formula is C18H17ClF3N3. The zero-order chi connectivity index (χ0) is 17.0. The third-order valence-electron chi connectivity index (χ3n) is 3.71. The third kappa shape index (κ3) is 4.84. The van der Waals surface area contributed by atoms with Crippen LogP contribution in [0.3, 0.4) is 0 Å². The molecule has 0 bridgehead atoms. The molecule has 0 radical (unpaired) electrons. The number of nitrogens with one attached hydrogen (secondary N) is 1. The van der Waals surface area contributed by atoms with Gasteiger partial charge in [-0.2, -0.15) is 13.2 Å². The Bertz CT molecular complexity index is 784. The van der Waals surface area contributed by atoms with Crippen molar-refractivity contribution in [2.24, 2.45) is 0 Å². The van der Waals surface area contributed by atoms with E-state index in [9.17, 15) is 13.2 Å². The van der Waals surface area contributed by atoms with Crippen LogP contribution in [0.15, 0.2) is 67.3 Å². The number of hydrogen-bond donors (Lipinski definition) is 1. The molecule has 0 unspecified atom stereocenters. The summed E-state index contributed by atoms with van der Waals surface area (Å²) < 4.78 is 40.7. The van der Waals surface area contributed by atoms with E-state index in [0.717, 1.165) is 17.3 Å². The van der Waals surface area contributed by atoms with Crippen molar-refractivity contribution in [3.8, 4) is 5.69 Å². The van der Waals surface area contributed by atoms with Gasteiger partial charge in [0.1, 0.15) is 0 Å². The lowest BCUT2D eigenvalue weighted by molar-refractivity contribution is -0.138. The topological polar surface area (TPSA) is 29.9 Å². The number of nitrogens with zero attached hydrogens (tertiary/aromatic N) is 2. The molecule has 2 aromatic carbocycles. The van der Waals surface area contributed by atoms with E-state index in [1.165, 1.54) is 12.1 Å². The molecule has 0 aliphatic rings. The van der Waals surface area contributed by atoms with Crippen LogP contribution >= 0.6 is 12.4 Å². The summed E-state index contributed by atoms with van der Waals surface area (Å²) in [6.45, 7) is 0.662. The van der Waals surface area contributed by atoms with Gasteiger partial charge in [0.15, 0.2) is 0 Å². The Labute approximate surface area is 149 Å². The van der Waals surface area contributed by atoms with E-state index in [0.29, 0.717) is 6.54 Å². The summed E-state index contributed by atoms with van der Waals surface area (Å²) >= 11 is 0. The second-order valence-corrected chi connectivity index (χ2v) is 5.39. The normalized spacial score (nSPS) is 11.2. The summed E-state index contributed by atoms with van der Waals surface area (Å²) in [7, 11) is 0. The lowest BCUT2D eigenvalue weighted by Gasteiger charge is -2.13. The van der Waals surface area contributed by atoms with Gasteiger partial charge in [-0.15, -0.1) is 12.4 Å². The Morgan fingerprint density at radius 1 is 0.960 bits per heavy atom. The van der Waals surface area contributed by atoms with Crippen LogP contribution in [0.5, 0.6) is 0 Å². The maximum absolute atomic E-state index is 12.9. The van der Waals surface area contributed by atoms with Gasteiger partial charge in [-0.1, -0.05) is 30.3 Å². The molecule has 0 fully saturated rings. The van der Waals surface area contributed by atoms with E-state index in [-0.39, 0.29) is 24.5 Å². The molecule has 1 heterocycles. The highest BCUT2D eigenvalue weighted by atomic mass is 35.5. The van der Waals surface area contributed by atoms with Gasteiger partial charge in [0.2, 0.25) is 0 Å². The minimum absolute atomic E-state index is 0. The van der Waals surface area contributed by atoms with Crippen LogP contribution in [0.2, 0.25) is 0 Å². The van der Waals surface area contributed by atoms with Crippen molar-refractivity contribution in [3.05, 3.63) is 83.9 Å². The fourth-order valence-corrected chi connectivity index (χ4v) is 2.49. The molecule has 7 heteroatoms. The maximum Gasteiger partial charge on any atom is 0.416 e. The molecule has 0 amide bonds. The minimum Gasteiger partial charge on any atom is -0.309 e. The van der Waals surface area contributed by atoms with Gasteiger partial charge in [0.05, 0.1) is 11.9 Å². The molecule has 0 saturated carbocycles. The summed E-state index contributed by atoms with van der Waals surface area (Å²) in [4.78, 5) is 3.99. The van der Waals surface area contributed by atoms with Crippen molar-refractivity contribution >= 4 is 12.4 Å². The third-order valence-corrected chi connectivity index (χ3v) is 3.71. The first kappa shape index (κ1) is 19.0. The highest BCUT2D eigenvalue weighted by Crippen LogP contribution is 2.31. The van der Waals surface area contributed by atoms with Crippen molar-refractivity contribution in [1.82, 2.24) is 14.9 Å². The lowest BCUT2D eigenvalue weighted by atomic mass is 10.1. The Kier molecular flexibility index (Phi) is 6.22. The molecular weight excluding hydrogens is 351 g/mol. The van der Waals surface area contributed by atoms with Crippen LogP contribution in [0.1, 0.15) is 16.7 Å². The molecule has 3 aromatic rings. The van der Waals surface area contributed by atoms with Crippen molar-refractivity contribution in [1.29, 1.82) is 0 Å². The first-order valence-corrected chi connectivity index (χ1v) is 7.47. The molecule has 25 heavy (non-hydrogen) atoms. The van der Waals surface area contributed by atoms with Crippen LogP contribution < -0.4 is 5.32 Å². The molecule has 0 spiro atoms. The van der Waals surface area contributed by atoms with Crippen LogP contribution in [0, 0.1) is 0 Å². The van der Waals surface area contributed by atoms with Gasteiger partial charge in [-0.3, -0.25) is 0 Å². The van der Waals surface area contributed by atoms with Crippen LogP contribution in [-0.4, -0.2) is 9.55 Å². The predicted molar refractivity (Wildman–Crippen MR) is 92.8 cm³/mol. The molecule has 132 valence electrons. The largest absolute Gasteiger partial charge is 0.416 e. The van der Waals surface area contributed by atoms with Gasteiger partial charge in [-0.05, 0) is 29.3 Å². The second-order valence-electron chi connectivity index (χ2n) is 5.39. The number of rotatable bonds is 5. The summed E-state index contributed by atoms with van der Waals surface area (Å²) in [5, 5.41) is 3.07. The fraction of sp³-hybridized carbons (Fsp3) is 0.167.